The van der Waals surface area contributed by atoms with E-state index in [0.717, 1.165) is 16.1 Å². The molecule has 0 aliphatic rings. The summed E-state index contributed by atoms with van der Waals surface area (Å²) in [5, 5.41) is 0.703. The van der Waals surface area contributed by atoms with E-state index >= 15 is 0 Å². The first-order valence-electron chi connectivity index (χ1n) is 4.88. The minimum absolute atomic E-state index is 0.308. The van der Waals surface area contributed by atoms with Gasteiger partial charge in [0.2, 0.25) is 0 Å². The van der Waals surface area contributed by atoms with Crippen molar-refractivity contribution in [1.29, 1.82) is 0 Å². The summed E-state index contributed by atoms with van der Waals surface area (Å²) in [5.41, 5.74) is 0.438. The lowest BCUT2D eigenvalue weighted by Gasteiger charge is -2.07. The van der Waals surface area contributed by atoms with E-state index < -0.39 is 0 Å². The first kappa shape index (κ1) is 12.5. The van der Waals surface area contributed by atoms with Gasteiger partial charge in [0.05, 0.1) is 10.0 Å². The van der Waals surface area contributed by atoms with Crippen LogP contribution in [0.3, 0.4) is 0 Å². The molecule has 0 saturated heterocycles. The highest BCUT2D eigenvalue weighted by Crippen LogP contribution is 2.36. The molecule has 1 nitrogen and oxygen atoms in total. The molecule has 0 unspecified atom stereocenters. The fraction of sp³-hybridized carbons (Fsp3) is 0. The van der Waals surface area contributed by atoms with Crippen LogP contribution in [0.4, 0.5) is 0 Å². The van der Waals surface area contributed by atoms with Gasteiger partial charge in [0.1, 0.15) is 0 Å². The fourth-order valence-electron chi connectivity index (χ4n) is 1.36. The molecule has 0 amide bonds. The standard InChI is InChI=1S/C13H8Cl2OS/c14-11-6-7-12(10(8-16)13(11)15)17-9-4-2-1-3-5-9/h1-8H. The second-order valence-corrected chi connectivity index (χ2v) is 5.21. The zero-order chi connectivity index (χ0) is 12.3. The summed E-state index contributed by atoms with van der Waals surface area (Å²) >= 11 is 13.3. The van der Waals surface area contributed by atoms with Crippen LogP contribution in [0.1, 0.15) is 10.4 Å². The lowest BCUT2D eigenvalue weighted by atomic mass is 10.2. The summed E-state index contributed by atoms with van der Waals surface area (Å²) in [4.78, 5) is 12.9. The molecule has 0 radical (unpaired) electrons. The van der Waals surface area contributed by atoms with Gasteiger partial charge >= 0.3 is 0 Å². The van der Waals surface area contributed by atoms with Crippen molar-refractivity contribution in [2.45, 2.75) is 9.79 Å². The summed E-state index contributed by atoms with van der Waals surface area (Å²) in [7, 11) is 0. The highest BCUT2D eigenvalue weighted by molar-refractivity contribution is 7.99. The molecule has 2 rings (SSSR count). The Labute approximate surface area is 114 Å². The molecule has 0 saturated carbocycles. The molecular formula is C13H8Cl2OS. The molecule has 0 heterocycles. The maximum atomic E-state index is 11.0. The molecule has 0 aliphatic heterocycles. The van der Waals surface area contributed by atoms with Gasteiger partial charge in [0.25, 0.3) is 0 Å². The molecule has 0 aromatic heterocycles. The Hall–Kier alpha value is -0.960. The van der Waals surface area contributed by atoms with Gasteiger partial charge in [0.15, 0.2) is 6.29 Å². The molecule has 0 bridgehead atoms. The van der Waals surface area contributed by atoms with Crippen LogP contribution in [0, 0.1) is 0 Å². The van der Waals surface area contributed by atoms with E-state index in [1.165, 1.54) is 11.8 Å². The van der Waals surface area contributed by atoms with Gasteiger partial charge in [-0.25, -0.2) is 0 Å². The normalized spacial score (nSPS) is 10.2. The van der Waals surface area contributed by atoms with Gasteiger partial charge in [-0.15, -0.1) is 0 Å². The number of hydrogen-bond donors (Lipinski definition) is 0. The van der Waals surface area contributed by atoms with Crippen molar-refractivity contribution in [3.63, 3.8) is 0 Å². The quantitative estimate of drug-likeness (QED) is 0.741. The van der Waals surface area contributed by atoms with Gasteiger partial charge < -0.3 is 0 Å². The van der Waals surface area contributed by atoms with E-state index in [0.29, 0.717) is 15.6 Å². The van der Waals surface area contributed by atoms with E-state index in [9.17, 15) is 4.79 Å². The maximum absolute atomic E-state index is 11.0. The monoisotopic (exact) mass is 282 g/mol. The molecule has 0 atom stereocenters. The third-order valence-corrected chi connectivity index (χ3v) is 4.08. The lowest BCUT2D eigenvalue weighted by Crippen LogP contribution is -1.88. The van der Waals surface area contributed by atoms with Crippen LogP contribution in [0.5, 0.6) is 0 Å². The zero-order valence-corrected chi connectivity index (χ0v) is 11.0. The van der Waals surface area contributed by atoms with Crippen molar-refractivity contribution >= 4 is 41.2 Å². The first-order valence-corrected chi connectivity index (χ1v) is 6.45. The summed E-state index contributed by atoms with van der Waals surface area (Å²) in [6.07, 6.45) is 0.736. The average molecular weight is 283 g/mol. The van der Waals surface area contributed by atoms with E-state index in [1.807, 2.05) is 30.3 Å². The van der Waals surface area contributed by atoms with Gasteiger partial charge in [0, 0.05) is 15.4 Å². The Morgan fingerprint density at radius 3 is 2.35 bits per heavy atom. The van der Waals surface area contributed by atoms with Crippen molar-refractivity contribution in [3.8, 4) is 0 Å². The van der Waals surface area contributed by atoms with Crippen molar-refractivity contribution in [3.05, 3.63) is 58.1 Å². The summed E-state index contributed by atoms with van der Waals surface area (Å²) in [6.45, 7) is 0. The van der Waals surface area contributed by atoms with E-state index in [2.05, 4.69) is 0 Å². The molecule has 0 spiro atoms. The Balaban J connectivity index is 2.40. The predicted octanol–water partition coefficient (Wildman–Crippen LogP) is 4.96. The summed E-state index contributed by atoms with van der Waals surface area (Å²) in [5.74, 6) is 0. The number of rotatable bonds is 3. The molecule has 2 aromatic carbocycles. The topological polar surface area (TPSA) is 17.1 Å². The Morgan fingerprint density at radius 2 is 1.71 bits per heavy atom. The molecule has 0 fully saturated rings. The number of halogens is 2. The fourth-order valence-corrected chi connectivity index (χ4v) is 2.74. The van der Waals surface area contributed by atoms with Crippen LogP contribution in [-0.2, 0) is 0 Å². The van der Waals surface area contributed by atoms with Gasteiger partial charge in [-0.2, -0.15) is 0 Å². The number of carbonyl (C=O) groups excluding carboxylic acids is 1. The van der Waals surface area contributed by atoms with Crippen molar-refractivity contribution in [2.24, 2.45) is 0 Å². The maximum Gasteiger partial charge on any atom is 0.152 e. The van der Waals surface area contributed by atoms with Crippen LogP contribution in [0.15, 0.2) is 52.3 Å². The van der Waals surface area contributed by atoms with Crippen LogP contribution in [-0.4, -0.2) is 6.29 Å². The van der Waals surface area contributed by atoms with E-state index in [-0.39, 0.29) is 0 Å². The molecular weight excluding hydrogens is 275 g/mol. The molecule has 17 heavy (non-hydrogen) atoms. The number of carbonyl (C=O) groups is 1. The smallest absolute Gasteiger partial charge is 0.152 e. The van der Waals surface area contributed by atoms with Gasteiger partial charge in [-0.1, -0.05) is 53.2 Å². The molecule has 4 heteroatoms. The highest BCUT2D eigenvalue weighted by Gasteiger charge is 2.10. The third kappa shape index (κ3) is 2.83. The Morgan fingerprint density at radius 1 is 1.00 bits per heavy atom. The minimum Gasteiger partial charge on any atom is -0.298 e. The molecule has 2 aromatic rings. The van der Waals surface area contributed by atoms with Gasteiger partial charge in [-0.05, 0) is 24.3 Å². The third-order valence-electron chi connectivity index (χ3n) is 2.18. The van der Waals surface area contributed by atoms with Crippen LogP contribution < -0.4 is 0 Å². The average Bonchev–Trinajstić information content (AvgIpc) is 2.36. The number of benzene rings is 2. The zero-order valence-electron chi connectivity index (χ0n) is 8.69. The van der Waals surface area contributed by atoms with Crippen molar-refractivity contribution < 1.29 is 4.79 Å². The highest BCUT2D eigenvalue weighted by atomic mass is 35.5. The minimum atomic E-state index is 0.308. The predicted molar refractivity (Wildman–Crippen MR) is 72.4 cm³/mol. The second kappa shape index (κ2) is 5.58. The summed E-state index contributed by atoms with van der Waals surface area (Å²) < 4.78 is 0. The number of hydrogen-bond acceptors (Lipinski definition) is 2. The van der Waals surface area contributed by atoms with Gasteiger partial charge in [-0.3, -0.25) is 4.79 Å². The van der Waals surface area contributed by atoms with Crippen molar-refractivity contribution in [1.82, 2.24) is 0 Å². The van der Waals surface area contributed by atoms with E-state index in [4.69, 9.17) is 23.2 Å². The van der Waals surface area contributed by atoms with Crippen LogP contribution in [0.2, 0.25) is 10.0 Å². The summed E-state index contributed by atoms with van der Waals surface area (Å²) in [6, 6.07) is 13.3. The van der Waals surface area contributed by atoms with E-state index in [1.54, 1.807) is 12.1 Å². The molecule has 86 valence electrons. The number of aldehydes is 1. The second-order valence-electron chi connectivity index (χ2n) is 3.31. The van der Waals surface area contributed by atoms with Crippen LogP contribution in [0.25, 0.3) is 0 Å². The largest absolute Gasteiger partial charge is 0.298 e. The Kier molecular flexibility index (Phi) is 4.11. The lowest BCUT2D eigenvalue weighted by molar-refractivity contribution is 0.112. The first-order chi connectivity index (χ1) is 8.22. The van der Waals surface area contributed by atoms with Crippen LogP contribution >= 0.6 is 35.0 Å². The van der Waals surface area contributed by atoms with Crippen molar-refractivity contribution in [2.75, 3.05) is 0 Å². The Bertz CT molecular complexity index is 541. The molecule has 0 aliphatic carbocycles. The SMILES string of the molecule is O=Cc1c(Sc2ccccc2)ccc(Cl)c1Cl. The molecule has 0 N–H and O–H groups in total.